The van der Waals surface area contributed by atoms with E-state index >= 15 is 0 Å². The number of carboxylic acids is 1. The number of methoxy groups -OCH3 is 1. The van der Waals surface area contributed by atoms with E-state index in [-0.39, 0.29) is 34.8 Å². The van der Waals surface area contributed by atoms with E-state index in [1.165, 1.54) is 43.5 Å². The number of aromatic carboxylic acids is 1. The fraction of sp³-hybridized carbons (Fsp3) is 0.231. The Morgan fingerprint density at radius 3 is 2.34 bits per heavy atom. The van der Waals surface area contributed by atoms with Gasteiger partial charge in [-0.2, -0.15) is 0 Å². The highest BCUT2D eigenvalue weighted by Gasteiger charge is 2.36. The molecule has 6 N–H and O–H groups in total. The van der Waals surface area contributed by atoms with E-state index in [0.29, 0.717) is 11.3 Å². The Bertz CT molecular complexity index is 1430. The molecule has 2 atom stereocenters. The number of aliphatic hydroxyl groups is 1. The van der Waals surface area contributed by atoms with Crippen molar-refractivity contribution in [2.75, 3.05) is 29.9 Å². The molecule has 0 unspecified atom stereocenters. The van der Waals surface area contributed by atoms with Crippen molar-refractivity contribution in [1.29, 1.82) is 0 Å². The minimum atomic E-state index is -3.68. The molecule has 0 aromatic heterocycles. The summed E-state index contributed by atoms with van der Waals surface area (Å²) in [6.45, 7) is 1.46. The van der Waals surface area contributed by atoms with Crippen LogP contribution in [-0.2, 0) is 20.4 Å². The molecular formula is C26H29N3O8S. The molecule has 3 aromatic carbocycles. The zero-order valence-electron chi connectivity index (χ0n) is 20.9. The largest absolute Gasteiger partial charge is 0.506 e. The number of aromatic hydroxyl groups is 1. The third-order valence-corrected chi connectivity index (χ3v) is 6.43. The van der Waals surface area contributed by atoms with E-state index < -0.39 is 33.5 Å². The Kier molecular flexibility index (Phi) is 8.61. The number of carbonyl (C=O) groups is 2. The summed E-state index contributed by atoms with van der Waals surface area (Å²) in [5.41, 5.74) is -0.416. The Labute approximate surface area is 220 Å². The highest BCUT2D eigenvalue weighted by atomic mass is 32.2. The maximum atomic E-state index is 13.5. The summed E-state index contributed by atoms with van der Waals surface area (Å²) in [7, 11) is -2.17. The van der Waals surface area contributed by atoms with Gasteiger partial charge < -0.3 is 25.4 Å². The maximum Gasteiger partial charge on any atom is 0.335 e. The first-order valence-electron chi connectivity index (χ1n) is 11.4. The van der Waals surface area contributed by atoms with Crippen LogP contribution in [0, 0.1) is 0 Å². The molecular weight excluding hydrogens is 514 g/mol. The Morgan fingerprint density at radius 2 is 1.74 bits per heavy atom. The lowest BCUT2D eigenvalue weighted by molar-refractivity contribution is -0.122. The topological polar surface area (TPSA) is 174 Å². The summed E-state index contributed by atoms with van der Waals surface area (Å²) in [5, 5.41) is 35.9. The van der Waals surface area contributed by atoms with Gasteiger partial charge in [0.25, 0.3) is 0 Å². The van der Waals surface area contributed by atoms with Gasteiger partial charge in [-0.15, -0.1) is 0 Å². The number of carboxylic acid groups (broad SMARTS) is 1. The van der Waals surface area contributed by atoms with Crippen molar-refractivity contribution in [3.8, 4) is 11.5 Å². The third kappa shape index (κ3) is 7.00. The van der Waals surface area contributed by atoms with Gasteiger partial charge in [0.05, 0.1) is 30.7 Å². The van der Waals surface area contributed by atoms with Crippen molar-refractivity contribution in [1.82, 2.24) is 5.32 Å². The van der Waals surface area contributed by atoms with E-state index in [1.54, 1.807) is 37.3 Å². The zero-order chi connectivity index (χ0) is 28.1. The fourth-order valence-electron chi connectivity index (χ4n) is 3.68. The fourth-order valence-corrected chi connectivity index (χ4v) is 4.25. The number of phenols is 1. The van der Waals surface area contributed by atoms with Crippen molar-refractivity contribution in [2.45, 2.75) is 18.6 Å². The molecule has 0 saturated heterocycles. The molecule has 0 bridgehead atoms. The first kappa shape index (κ1) is 28.4. The molecule has 202 valence electrons. The third-order valence-electron chi connectivity index (χ3n) is 5.84. The quantitative estimate of drug-likeness (QED) is 0.199. The normalized spacial score (nSPS) is 13.7. The van der Waals surface area contributed by atoms with Gasteiger partial charge in [-0.1, -0.05) is 24.3 Å². The second kappa shape index (κ2) is 11.5. The van der Waals surface area contributed by atoms with Crippen molar-refractivity contribution in [3.63, 3.8) is 0 Å². The molecule has 0 heterocycles. The van der Waals surface area contributed by atoms with Gasteiger partial charge in [-0.3, -0.25) is 14.8 Å². The van der Waals surface area contributed by atoms with Crippen LogP contribution in [-0.4, -0.2) is 55.5 Å². The molecule has 0 aliphatic carbocycles. The summed E-state index contributed by atoms with van der Waals surface area (Å²) >= 11 is 0. The predicted molar refractivity (Wildman–Crippen MR) is 142 cm³/mol. The molecule has 0 saturated carbocycles. The number of amides is 1. The number of carbonyl (C=O) groups excluding carboxylic acids is 1. The molecule has 0 spiro atoms. The molecule has 0 aliphatic heterocycles. The van der Waals surface area contributed by atoms with E-state index in [4.69, 9.17) is 4.74 Å². The SMILES string of the molecule is COc1ccc([C@](C)(NC[C@H](O)c2ccc(O)c(NS(C)(=O)=O)c2)C(=O)Nc2cccc(C(=O)O)c2)cc1. The van der Waals surface area contributed by atoms with Crippen LogP contribution >= 0.6 is 0 Å². The number of benzene rings is 3. The van der Waals surface area contributed by atoms with Crippen LogP contribution in [0.3, 0.4) is 0 Å². The van der Waals surface area contributed by atoms with Crippen LogP contribution in [0.1, 0.15) is 34.5 Å². The number of sulfonamides is 1. The molecule has 1 amide bonds. The van der Waals surface area contributed by atoms with Crippen LogP contribution < -0.4 is 20.1 Å². The number of nitrogens with one attached hydrogen (secondary N) is 3. The van der Waals surface area contributed by atoms with Gasteiger partial charge in [0.2, 0.25) is 15.9 Å². The Morgan fingerprint density at radius 1 is 1.05 bits per heavy atom. The smallest absolute Gasteiger partial charge is 0.335 e. The average molecular weight is 544 g/mol. The highest BCUT2D eigenvalue weighted by molar-refractivity contribution is 7.92. The number of phenolic OH excluding ortho intramolecular Hbond substituents is 1. The molecule has 12 heteroatoms. The summed E-state index contributed by atoms with van der Waals surface area (Å²) in [5.74, 6) is -1.41. The van der Waals surface area contributed by atoms with E-state index in [0.717, 1.165) is 6.26 Å². The van der Waals surface area contributed by atoms with Crippen molar-refractivity contribution < 1.29 is 38.1 Å². The van der Waals surface area contributed by atoms with Gasteiger partial charge in [0.1, 0.15) is 17.0 Å². The zero-order valence-corrected chi connectivity index (χ0v) is 21.7. The monoisotopic (exact) mass is 543 g/mol. The predicted octanol–water partition coefficient (Wildman–Crippen LogP) is 2.65. The van der Waals surface area contributed by atoms with E-state index in [1.807, 2.05) is 0 Å². The second-order valence-electron chi connectivity index (χ2n) is 8.74. The van der Waals surface area contributed by atoms with E-state index in [2.05, 4.69) is 15.4 Å². The minimum Gasteiger partial charge on any atom is -0.506 e. The molecule has 3 rings (SSSR count). The molecule has 38 heavy (non-hydrogen) atoms. The molecule has 3 aromatic rings. The lowest BCUT2D eigenvalue weighted by Gasteiger charge is -2.31. The van der Waals surface area contributed by atoms with Gasteiger partial charge in [0.15, 0.2) is 0 Å². The van der Waals surface area contributed by atoms with Gasteiger partial charge in [-0.25, -0.2) is 13.2 Å². The summed E-state index contributed by atoms with van der Waals surface area (Å²) in [6, 6.07) is 16.5. The minimum absolute atomic E-state index is 0.00293. The lowest BCUT2D eigenvalue weighted by atomic mass is 9.90. The highest BCUT2D eigenvalue weighted by Crippen LogP contribution is 2.30. The summed E-state index contributed by atoms with van der Waals surface area (Å²) in [4.78, 5) is 24.9. The number of hydrogen-bond donors (Lipinski definition) is 6. The lowest BCUT2D eigenvalue weighted by Crippen LogP contribution is -2.51. The number of anilines is 2. The molecule has 0 radical (unpaired) electrons. The number of aliphatic hydroxyl groups excluding tert-OH is 1. The van der Waals surface area contributed by atoms with Gasteiger partial charge in [-0.05, 0) is 60.5 Å². The van der Waals surface area contributed by atoms with Gasteiger partial charge >= 0.3 is 5.97 Å². The van der Waals surface area contributed by atoms with Crippen LogP contribution in [0.25, 0.3) is 0 Å². The molecule has 0 fully saturated rings. The number of hydrogen-bond acceptors (Lipinski definition) is 8. The van der Waals surface area contributed by atoms with Crippen molar-refractivity contribution >= 4 is 33.3 Å². The first-order valence-corrected chi connectivity index (χ1v) is 13.2. The second-order valence-corrected chi connectivity index (χ2v) is 10.5. The van der Waals surface area contributed by atoms with Crippen LogP contribution in [0.15, 0.2) is 66.7 Å². The average Bonchev–Trinajstić information content (AvgIpc) is 2.87. The van der Waals surface area contributed by atoms with Crippen LogP contribution in [0.2, 0.25) is 0 Å². The van der Waals surface area contributed by atoms with Crippen molar-refractivity contribution in [2.24, 2.45) is 0 Å². The number of rotatable bonds is 11. The van der Waals surface area contributed by atoms with Crippen molar-refractivity contribution in [3.05, 3.63) is 83.4 Å². The number of ether oxygens (including phenoxy) is 1. The summed E-state index contributed by atoms with van der Waals surface area (Å²) < 4.78 is 30.6. The van der Waals surface area contributed by atoms with Crippen LogP contribution in [0.5, 0.6) is 11.5 Å². The Balaban J connectivity index is 1.89. The van der Waals surface area contributed by atoms with Gasteiger partial charge in [0, 0.05) is 12.2 Å². The molecule has 11 nitrogen and oxygen atoms in total. The maximum absolute atomic E-state index is 13.5. The first-order chi connectivity index (χ1) is 17.8. The molecule has 0 aliphatic rings. The van der Waals surface area contributed by atoms with Crippen LogP contribution in [0.4, 0.5) is 11.4 Å². The van der Waals surface area contributed by atoms with E-state index in [9.17, 15) is 33.3 Å². The Hall–Kier alpha value is -4.13. The summed E-state index contributed by atoms with van der Waals surface area (Å²) in [6.07, 6.45) is -0.265. The standard InChI is InChI=1S/C26H29N3O8S/c1-26(18-8-10-20(37-2)11-9-18,25(34)28-19-6-4-5-17(13-19)24(32)33)27-15-23(31)16-7-12-22(30)21(14-16)29-38(3,35)36/h4-14,23,27,29-31H,15H2,1-3H3,(H,28,34)(H,32,33)/t23-,26-/m0/s1.